The van der Waals surface area contributed by atoms with Gasteiger partial charge in [-0.1, -0.05) is 20.8 Å². The molecule has 0 amide bonds. The summed E-state index contributed by atoms with van der Waals surface area (Å²) in [4.78, 5) is 10.9. The highest BCUT2D eigenvalue weighted by Crippen LogP contribution is 2.39. The van der Waals surface area contributed by atoms with Crippen LogP contribution in [0, 0.1) is 0 Å². The fourth-order valence-corrected chi connectivity index (χ4v) is 3.18. The van der Waals surface area contributed by atoms with Crippen molar-refractivity contribution < 1.29 is 18.7 Å². The average Bonchev–Trinajstić information content (AvgIpc) is 2.26. The number of carbonyl (C=O) groups excluding carboxylic acids is 1. The van der Waals surface area contributed by atoms with Crippen molar-refractivity contribution in [2.24, 2.45) is 0 Å². The van der Waals surface area contributed by atoms with E-state index in [1.165, 1.54) is 0 Å². The van der Waals surface area contributed by atoms with Crippen LogP contribution in [0.5, 0.6) is 0 Å². The molecule has 1 aliphatic heterocycles. The quantitative estimate of drug-likeness (QED) is 0.584. The van der Waals surface area contributed by atoms with Gasteiger partial charge in [-0.15, -0.1) is 0 Å². The molecule has 18 heavy (non-hydrogen) atoms. The first kappa shape index (κ1) is 15.8. The van der Waals surface area contributed by atoms with Crippen molar-refractivity contribution in [1.29, 1.82) is 0 Å². The van der Waals surface area contributed by atoms with Gasteiger partial charge < -0.3 is 18.7 Å². The summed E-state index contributed by atoms with van der Waals surface area (Å²) >= 11 is 0. The van der Waals surface area contributed by atoms with Crippen LogP contribution in [0.25, 0.3) is 0 Å². The molecule has 0 aromatic heterocycles. The van der Waals surface area contributed by atoms with Crippen LogP contribution in [0.3, 0.4) is 0 Å². The molecule has 0 spiro atoms. The molecule has 0 unspecified atom stereocenters. The van der Waals surface area contributed by atoms with Crippen LogP contribution in [0.4, 0.5) is 0 Å². The third kappa shape index (κ3) is 3.88. The van der Waals surface area contributed by atoms with Gasteiger partial charge in [-0.05, 0) is 18.1 Å². The topological polar surface area (TPSA) is 44.8 Å². The molecule has 106 valence electrons. The van der Waals surface area contributed by atoms with Gasteiger partial charge in [0.2, 0.25) is 0 Å². The average molecular weight is 274 g/mol. The molecule has 5 heteroatoms. The van der Waals surface area contributed by atoms with Gasteiger partial charge in [0, 0.05) is 20.0 Å². The predicted molar refractivity (Wildman–Crippen MR) is 73.0 cm³/mol. The van der Waals surface area contributed by atoms with Crippen LogP contribution in [0.2, 0.25) is 18.1 Å². The Labute approximate surface area is 111 Å². The van der Waals surface area contributed by atoms with Gasteiger partial charge in [0.05, 0.1) is 6.10 Å². The minimum absolute atomic E-state index is 0.0554. The van der Waals surface area contributed by atoms with E-state index in [9.17, 15) is 4.79 Å². The molecule has 1 fully saturated rings. The Morgan fingerprint density at radius 2 is 1.89 bits per heavy atom. The van der Waals surface area contributed by atoms with Gasteiger partial charge in [-0.2, -0.15) is 0 Å². The lowest BCUT2D eigenvalue weighted by Crippen LogP contribution is -2.48. The van der Waals surface area contributed by atoms with Crippen molar-refractivity contribution in [3.8, 4) is 0 Å². The molecule has 0 bridgehead atoms. The van der Waals surface area contributed by atoms with Crippen LogP contribution in [0.15, 0.2) is 0 Å². The SMILES string of the molecule is CO[C@@H]1C[C@H](O[Si](C)(C)C(C)(C)C)C[C@@H](C=O)O1. The van der Waals surface area contributed by atoms with E-state index in [4.69, 9.17) is 13.9 Å². The Bertz CT molecular complexity index is 285. The first-order valence-corrected chi connectivity index (χ1v) is 9.42. The highest BCUT2D eigenvalue weighted by Gasteiger charge is 2.41. The van der Waals surface area contributed by atoms with Crippen molar-refractivity contribution in [3.05, 3.63) is 0 Å². The Balaban J connectivity index is 2.68. The maximum Gasteiger partial charge on any atom is 0.192 e. The molecular formula is C13H26O4Si. The smallest absolute Gasteiger partial charge is 0.192 e. The van der Waals surface area contributed by atoms with Crippen LogP contribution in [-0.4, -0.2) is 40.2 Å². The molecule has 0 aliphatic carbocycles. The zero-order valence-electron chi connectivity index (χ0n) is 12.4. The minimum Gasteiger partial charge on any atom is -0.414 e. The van der Waals surface area contributed by atoms with Gasteiger partial charge in [0.15, 0.2) is 14.6 Å². The van der Waals surface area contributed by atoms with Crippen LogP contribution in [-0.2, 0) is 18.7 Å². The third-order valence-electron chi connectivity index (χ3n) is 3.96. The summed E-state index contributed by atoms with van der Waals surface area (Å²) in [5.41, 5.74) is 0. The van der Waals surface area contributed by atoms with E-state index in [2.05, 4.69) is 33.9 Å². The molecule has 0 N–H and O–H groups in total. The number of ether oxygens (including phenoxy) is 2. The van der Waals surface area contributed by atoms with Gasteiger partial charge in [0.1, 0.15) is 12.4 Å². The summed E-state index contributed by atoms with van der Waals surface area (Å²) in [6.45, 7) is 11.1. The number of rotatable bonds is 4. The van der Waals surface area contributed by atoms with Crippen molar-refractivity contribution in [1.82, 2.24) is 0 Å². The van der Waals surface area contributed by atoms with Crippen LogP contribution in [0.1, 0.15) is 33.6 Å². The van der Waals surface area contributed by atoms with Crippen LogP contribution < -0.4 is 0 Å². The van der Waals surface area contributed by atoms with Crippen molar-refractivity contribution in [2.75, 3.05) is 7.11 Å². The molecule has 3 atom stereocenters. The molecule has 4 nitrogen and oxygen atoms in total. The molecule has 0 aromatic rings. The molecule has 1 aliphatic rings. The van der Waals surface area contributed by atoms with E-state index >= 15 is 0 Å². The number of carbonyl (C=O) groups is 1. The zero-order chi connectivity index (χ0) is 14.0. The first-order valence-electron chi connectivity index (χ1n) is 6.51. The molecule has 0 radical (unpaired) electrons. The molecule has 1 saturated heterocycles. The standard InChI is InChI=1S/C13H26O4Si/c1-13(2,3)18(5,6)17-10-7-11(9-14)16-12(8-10)15-4/h9-12H,7-8H2,1-6H3/t10-,11+,12+/m1/s1. The fourth-order valence-electron chi connectivity index (χ4n) is 1.81. The van der Waals surface area contributed by atoms with Crippen LogP contribution >= 0.6 is 0 Å². The second-order valence-corrected chi connectivity index (χ2v) is 11.2. The van der Waals surface area contributed by atoms with Gasteiger partial charge >= 0.3 is 0 Å². The van der Waals surface area contributed by atoms with E-state index in [0.717, 1.165) is 6.29 Å². The lowest BCUT2D eigenvalue weighted by atomic mass is 10.1. The Kier molecular flexibility index (Phi) is 5.11. The van der Waals surface area contributed by atoms with Gasteiger partial charge in [-0.25, -0.2) is 0 Å². The number of hydrogen-bond donors (Lipinski definition) is 0. The maximum absolute atomic E-state index is 10.9. The summed E-state index contributed by atoms with van der Waals surface area (Å²) in [5, 5.41) is 0.171. The van der Waals surface area contributed by atoms with Crippen molar-refractivity contribution in [2.45, 2.75) is 70.2 Å². The zero-order valence-corrected chi connectivity index (χ0v) is 13.4. The highest BCUT2D eigenvalue weighted by molar-refractivity contribution is 6.74. The molecule has 0 saturated carbocycles. The second kappa shape index (κ2) is 5.82. The summed E-state index contributed by atoms with van der Waals surface area (Å²) in [5.74, 6) is 0. The lowest BCUT2D eigenvalue weighted by molar-refractivity contribution is -0.197. The Hall–Kier alpha value is -0.233. The summed E-state index contributed by atoms with van der Waals surface area (Å²) in [7, 11) is -0.206. The van der Waals surface area contributed by atoms with E-state index in [1.54, 1.807) is 7.11 Å². The summed E-state index contributed by atoms with van der Waals surface area (Å²) in [6, 6.07) is 0. The monoisotopic (exact) mass is 274 g/mol. The molecule has 1 heterocycles. The Morgan fingerprint density at radius 3 is 2.33 bits per heavy atom. The van der Waals surface area contributed by atoms with E-state index in [-0.39, 0.29) is 17.4 Å². The number of hydrogen-bond acceptors (Lipinski definition) is 4. The molecular weight excluding hydrogens is 248 g/mol. The molecule has 1 rings (SSSR count). The van der Waals surface area contributed by atoms with E-state index < -0.39 is 14.4 Å². The largest absolute Gasteiger partial charge is 0.414 e. The predicted octanol–water partition coefficient (Wildman–Crippen LogP) is 2.73. The van der Waals surface area contributed by atoms with E-state index in [0.29, 0.717) is 12.8 Å². The van der Waals surface area contributed by atoms with E-state index in [1.807, 2.05) is 0 Å². The van der Waals surface area contributed by atoms with Crippen molar-refractivity contribution in [3.63, 3.8) is 0 Å². The fraction of sp³-hybridized carbons (Fsp3) is 0.923. The van der Waals surface area contributed by atoms with Gasteiger partial charge in [0.25, 0.3) is 0 Å². The van der Waals surface area contributed by atoms with Gasteiger partial charge in [-0.3, -0.25) is 0 Å². The first-order chi connectivity index (χ1) is 8.19. The molecule has 0 aromatic carbocycles. The summed E-state index contributed by atoms with van der Waals surface area (Å²) < 4.78 is 17.0. The van der Waals surface area contributed by atoms with Crippen molar-refractivity contribution >= 4 is 14.6 Å². The highest BCUT2D eigenvalue weighted by atomic mass is 28.4. The summed E-state index contributed by atoms with van der Waals surface area (Å²) in [6.07, 6.45) is 1.50. The third-order valence-corrected chi connectivity index (χ3v) is 8.49. The number of methoxy groups -OCH3 is 1. The maximum atomic E-state index is 10.9. The minimum atomic E-state index is -1.80. The lowest BCUT2D eigenvalue weighted by Gasteiger charge is -2.42. The Morgan fingerprint density at radius 1 is 1.28 bits per heavy atom. The second-order valence-electron chi connectivity index (χ2n) is 6.45. The number of aldehydes is 1. The normalized spacial score (nSPS) is 30.2.